The molecule has 3 rings (SSSR count). The first-order chi connectivity index (χ1) is 12.2. The average molecular weight is 340 g/mol. The van der Waals surface area contributed by atoms with Crippen LogP contribution in [0, 0.1) is 11.3 Å². The van der Waals surface area contributed by atoms with Gasteiger partial charge in [0, 0.05) is 26.2 Å². The number of rotatable bonds is 6. The Morgan fingerprint density at radius 2 is 2.24 bits per heavy atom. The summed E-state index contributed by atoms with van der Waals surface area (Å²) < 4.78 is 7.08. The Kier molecular flexibility index (Phi) is 5.72. The highest BCUT2D eigenvalue weighted by atomic mass is 16.5. The van der Waals surface area contributed by atoms with E-state index < -0.39 is 0 Å². The van der Waals surface area contributed by atoms with Gasteiger partial charge in [-0.3, -0.25) is 9.69 Å². The SMILES string of the molecule is N#Cc1ncn(CC(=O)NC[C@H]2CN(Cc3ccccc3)CCO2)n1. The lowest BCUT2D eigenvalue weighted by Gasteiger charge is -2.33. The zero-order valence-electron chi connectivity index (χ0n) is 13.8. The van der Waals surface area contributed by atoms with Crippen LogP contribution in [-0.2, 0) is 22.6 Å². The van der Waals surface area contributed by atoms with E-state index in [4.69, 9.17) is 10.00 Å². The molecule has 1 fully saturated rings. The van der Waals surface area contributed by atoms with Crippen LogP contribution in [0.25, 0.3) is 0 Å². The zero-order valence-corrected chi connectivity index (χ0v) is 13.8. The third-order valence-corrected chi connectivity index (χ3v) is 3.94. The maximum atomic E-state index is 12.0. The first-order valence-electron chi connectivity index (χ1n) is 8.17. The Hall–Kier alpha value is -2.76. The summed E-state index contributed by atoms with van der Waals surface area (Å²) in [6.45, 7) is 3.68. The summed E-state index contributed by atoms with van der Waals surface area (Å²) in [5.74, 6) is -0.127. The van der Waals surface area contributed by atoms with Crippen LogP contribution in [0.5, 0.6) is 0 Å². The molecule has 0 unspecified atom stereocenters. The van der Waals surface area contributed by atoms with E-state index in [2.05, 4.69) is 32.4 Å². The average Bonchev–Trinajstić information content (AvgIpc) is 3.09. The molecule has 130 valence electrons. The van der Waals surface area contributed by atoms with E-state index in [0.29, 0.717) is 13.2 Å². The zero-order chi connectivity index (χ0) is 17.5. The number of hydrogen-bond donors (Lipinski definition) is 1. The third-order valence-electron chi connectivity index (χ3n) is 3.94. The van der Waals surface area contributed by atoms with E-state index in [9.17, 15) is 4.79 Å². The molecular formula is C17H20N6O2. The highest BCUT2D eigenvalue weighted by molar-refractivity contribution is 5.75. The van der Waals surface area contributed by atoms with Crippen molar-refractivity contribution >= 4 is 5.91 Å². The van der Waals surface area contributed by atoms with E-state index >= 15 is 0 Å². The highest BCUT2D eigenvalue weighted by Crippen LogP contribution is 2.10. The highest BCUT2D eigenvalue weighted by Gasteiger charge is 2.21. The molecule has 0 spiro atoms. The number of ether oxygens (including phenoxy) is 1. The van der Waals surface area contributed by atoms with E-state index in [1.54, 1.807) is 0 Å². The van der Waals surface area contributed by atoms with E-state index in [1.807, 2.05) is 24.3 Å². The Bertz CT molecular complexity index is 739. The Labute approximate surface area is 146 Å². The first kappa shape index (κ1) is 17.1. The van der Waals surface area contributed by atoms with Crippen molar-refractivity contribution in [2.24, 2.45) is 0 Å². The molecule has 1 N–H and O–H groups in total. The molecule has 0 saturated carbocycles. The lowest BCUT2D eigenvalue weighted by Crippen LogP contribution is -2.47. The molecule has 1 saturated heterocycles. The number of morpholine rings is 1. The summed E-state index contributed by atoms with van der Waals surface area (Å²) in [6.07, 6.45) is 1.34. The van der Waals surface area contributed by atoms with Crippen LogP contribution in [0.15, 0.2) is 36.7 Å². The van der Waals surface area contributed by atoms with Gasteiger partial charge in [-0.05, 0) is 5.56 Å². The molecule has 1 atom stereocenters. The van der Waals surface area contributed by atoms with Crippen LogP contribution in [0.3, 0.4) is 0 Å². The van der Waals surface area contributed by atoms with Gasteiger partial charge >= 0.3 is 0 Å². The molecule has 2 heterocycles. The number of amides is 1. The van der Waals surface area contributed by atoms with E-state index in [1.165, 1.54) is 16.6 Å². The number of aromatic nitrogens is 3. The van der Waals surface area contributed by atoms with Crippen molar-refractivity contribution in [2.45, 2.75) is 19.2 Å². The minimum Gasteiger partial charge on any atom is -0.374 e. The van der Waals surface area contributed by atoms with Crippen LogP contribution in [-0.4, -0.2) is 57.9 Å². The molecule has 0 bridgehead atoms. The van der Waals surface area contributed by atoms with Crippen LogP contribution < -0.4 is 5.32 Å². The van der Waals surface area contributed by atoms with Crippen molar-refractivity contribution in [3.05, 3.63) is 48.0 Å². The lowest BCUT2D eigenvalue weighted by molar-refractivity contribution is -0.123. The van der Waals surface area contributed by atoms with Crippen molar-refractivity contribution in [1.29, 1.82) is 5.26 Å². The molecule has 0 radical (unpaired) electrons. The van der Waals surface area contributed by atoms with Crippen LogP contribution in [0.4, 0.5) is 0 Å². The molecule has 1 aliphatic rings. The standard InChI is InChI=1S/C17H20N6O2/c18-8-16-20-13-23(21-16)12-17(24)19-9-15-11-22(6-7-25-15)10-14-4-2-1-3-5-14/h1-5,13,15H,6-7,9-12H2,(H,19,24)/t15-/m0/s1. The van der Waals surface area contributed by atoms with Gasteiger partial charge in [0.2, 0.25) is 5.91 Å². The third kappa shape index (κ3) is 5.11. The topological polar surface area (TPSA) is 96.1 Å². The predicted molar refractivity (Wildman–Crippen MR) is 89.2 cm³/mol. The fraction of sp³-hybridized carbons (Fsp3) is 0.412. The first-order valence-corrected chi connectivity index (χ1v) is 8.17. The second-order valence-corrected chi connectivity index (χ2v) is 5.90. The van der Waals surface area contributed by atoms with Crippen LogP contribution >= 0.6 is 0 Å². The van der Waals surface area contributed by atoms with Gasteiger partial charge < -0.3 is 10.1 Å². The van der Waals surface area contributed by atoms with Crippen molar-refractivity contribution in [3.8, 4) is 6.07 Å². The number of nitriles is 1. The summed E-state index contributed by atoms with van der Waals surface area (Å²) >= 11 is 0. The molecule has 1 aliphatic heterocycles. The molecule has 25 heavy (non-hydrogen) atoms. The number of carbonyl (C=O) groups excluding carboxylic acids is 1. The fourth-order valence-corrected chi connectivity index (χ4v) is 2.74. The van der Waals surface area contributed by atoms with Crippen molar-refractivity contribution in [3.63, 3.8) is 0 Å². The number of nitrogens with one attached hydrogen (secondary N) is 1. The van der Waals surface area contributed by atoms with Crippen molar-refractivity contribution in [2.75, 3.05) is 26.2 Å². The molecule has 1 amide bonds. The summed E-state index contributed by atoms with van der Waals surface area (Å²) in [6, 6.07) is 12.1. The number of carbonyl (C=O) groups is 1. The maximum absolute atomic E-state index is 12.0. The quantitative estimate of drug-likeness (QED) is 0.805. The normalized spacial score (nSPS) is 17.8. The van der Waals surface area contributed by atoms with Gasteiger partial charge in [-0.15, -0.1) is 5.10 Å². The summed E-state index contributed by atoms with van der Waals surface area (Å²) in [4.78, 5) is 18.1. The fourth-order valence-electron chi connectivity index (χ4n) is 2.74. The smallest absolute Gasteiger partial charge is 0.252 e. The van der Waals surface area contributed by atoms with Crippen molar-refractivity contribution < 1.29 is 9.53 Å². The molecule has 1 aromatic heterocycles. The Morgan fingerprint density at radius 1 is 1.40 bits per heavy atom. The van der Waals surface area contributed by atoms with Gasteiger partial charge in [-0.2, -0.15) is 5.26 Å². The molecule has 2 aromatic rings. The number of hydrogen-bond acceptors (Lipinski definition) is 6. The minimum atomic E-state index is -0.182. The summed E-state index contributed by atoms with van der Waals surface area (Å²) in [5, 5.41) is 15.4. The van der Waals surface area contributed by atoms with E-state index in [-0.39, 0.29) is 24.4 Å². The van der Waals surface area contributed by atoms with Gasteiger partial charge in [0.25, 0.3) is 5.82 Å². The predicted octanol–water partition coefficient (Wildman–Crippen LogP) is 0.167. The maximum Gasteiger partial charge on any atom is 0.252 e. The molecule has 8 heteroatoms. The summed E-state index contributed by atoms with van der Waals surface area (Å²) in [7, 11) is 0. The van der Waals surface area contributed by atoms with Gasteiger partial charge in [0.1, 0.15) is 18.9 Å². The molecular weight excluding hydrogens is 320 g/mol. The van der Waals surface area contributed by atoms with Crippen molar-refractivity contribution in [1.82, 2.24) is 25.0 Å². The Balaban J connectivity index is 1.43. The minimum absolute atomic E-state index is 0.0353. The molecule has 0 aliphatic carbocycles. The van der Waals surface area contributed by atoms with Crippen LogP contribution in [0.1, 0.15) is 11.4 Å². The monoisotopic (exact) mass is 340 g/mol. The van der Waals surface area contributed by atoms with Gasteiger partial charge in [0.05, 0.1) is 12.7 Å². The second kappa shape index (κ2) is 8.37. The number of benzene rings is 1. The Morgan fingerprint density at radius 3 is 3.00 bits per heavy atom. The summed E-state index contributed by atoms with van der Waals surface area (Å²) in [5.41, 5.74) is 1.27. The van der Waals surface area contributed by atoms with Gasteiger partial charge in [-0.1, -0.05) is 30.3 Å². The van der Waals surface area contributed by atoms with E-state index in [0.717, 1.165) is 19.6 Å². The largest absolute Gasteiger partial charge is 0.374 e. The lowest BCUT2D eigenvalue weighted by atomic mass is 10.2. The second-order valence-electron chi connectivity index (χ2n) is 5.90. The van der Waals surface area contributed by atoms with Gasteiger partial charge in [0.15, 0.2) is 0 Å². The van der Waals surface area contributed by atoms with Crippen LogP contribution in [0.2, 0.25) is 0 Å². The van der Waals surface area contributed by atoms with Gasteiger partial charge in [-0.25, -0.2) is 9.67 Å². The number of nitrogens with zero attached hydrogens (tertiary/aromatic N) is 5. The molecule has 1 aromatic carbocycles. The molecule has 8 nitrogen and oxygen atoms in total.